The maximum absolute atomic E-state index is 11.9. The third kappa shape index (κ3) is 1.95. The van der Waals surface area contributed by atoms with E-state index in [1.54, 1.807) is 12.1 Å². The van der Waals surface area contributed by atoms with Gasteiger partial charge in [0.1, 0.15) is 0 Å². The summed E-state index contributed by atoms with van der Waals surface area (Å²) in [7, 11) is -3.30. The minimum absolute atomic E-state index is 0.333. The van der Waals surface area contributed by atoms with Crippen LogP contribution in [0.15, 0.2) is 33.0 Å². The summed E-state index contributed by atoms with van der Waals surface area (Å²) in [6, 6.07) is 5.35. The molecule has 5 heteroatoms. The lowest BCUT2D eigenvalue weighted by atomic mass is 10.1. The van der Waals surface area contributed by atoms with Crippen molar-refractivity contribution in [2.45, 2.75) is 11.8 Å². The maximum Gasteiger partial charge on any atom is 0.201 e. The highest BCUT2D eigenvalue weighted by molar-refractivity contribution is 9.10. The molecule has 0 amide bonds. The second-order valence-electron chi connectivity index (χ2n) is 3.44. The lowest BCUT2D eigenvalue weighted by Gasteiger charge is -2.05. The Bertz CT molecular complexity index is 546. The lowest BCUT2D eigenvalue weighted by Crippen LogP contribution is -1.96. The molecule has 3 nitrogen and oxygen atoms in total. The molecule has 0 unspecified atom stereocenters. The number of hydrogen-bond donors (Lipinski definition) is 0. The number of benzene rings is 1. The van der Waals surface area contributed by atoms with Crippen molar-refractivity contribution < 1.29 is 13.2 Å². The van der Waals surface area contributed by atoms with Gasteiger partial charge in [0.2, 0.25) is 9.84 Å². The molecule has 1 aromatic rings. The Hall–Kier alpha value is -0.650. The Morgan fingerprint density at radius 3 is 2.81 bits per heavy atom. The van der Waals surface area contributed by atoms with Crippen molar-refractivity contribution in [3.8, 4) is 0 Å². The fourth-order valence-corrected chi connectivity index (χ4v) is 4.26. The molecule has 16 heavy (non-hydrogen) atoms. The first-order chi connectivity index (χ1) is 7.56. The number of ether oxygens (including phenoxy) is 1. The number of fused-ring (bicyclic) bond motifs is 1. The Balaban J connectivity index is 2.52. The zero-order chi connectivity index (χ0) is 11.8. The molecule has 1 aliphatic rings. The summed E-state index contributed by atoms with van der Waals surface area (Å²) in [5.74, 6) is 0. The van der Waals surface area contributed by atoms with Crippen LogP contribution in [-0.4, -0.2) is 21.6 Å². The first-order valence-corrected chi connectivity index (χ1v) is 7.22. The number of halogens is 1. The van der Waals surface area contributed by atoms with Gasteiger partial charge in [-0.3, -0.25) is 0 Å². The quantitative estimate of drug-likeness (QED) is 0.862. The lowest BCUT2D eigenvalue weighted by molar-refractivity contribution is 0.182. The second-order valence-corrected chi connectivity index (χ2v) is 6.03. The number of hydrogen-bond acceptors (Lipinski definition) is 3. The van der Waals surface area contributed by atoms with Crippen LogP contribution in [0, 0.1) is 0 Å². The summed E-state index contributed by atoms with van der Waals surface area (Å²) in [4.78, 5) is 0.352. The Labute approximate surface area is 103 Å². The molecule has 0 aliphatic carbocycles. The van der Waals surface area contributed by atoms with E-state index in [1.165, 1.54) is 5.41 Å². The van der Waals surface area contributed by atoms with Crippen molar-refractivity contribution in [3.63, 3.8) is 0 Å². The molecule has 2 rings (SSSR count). The number of rotatable bonds is 3. The van der Waals surface area contributed by atoms with Crippen LogP contribution >= 0.6 is 15.9 Å². The average Bonchev–Trinajstić information content (AvgIpc) is 2.49. The molecule has 1 aromatic carbocycles. The van der Waals surface area contributed by atoms with Crippen LogP contribution in [0.2, 0.25) is 0 Å². The molecule has 0 saturated carbocycles. The van der Waals surface area contributed by atoms with Crippen molar-refractivity contribution in [1.82, 2.24) is 0 Å². The first kappa shape index (κ1) is 11.8. The van der Waals surface area contributed by atoms with Gasteiger partial charge in [0.25, 0.3) is 0 Å². The minimum Gasteiger partial charge on any atom is -0.377 e. The van der Waals surface area contributed by atoms with Crippen LogP contribution in [0.1, 0.15) is 12.5 Å². The van der Waals surface area contributed by atoms with Crippen molar-refractivity contribution in [3.05, 3.63) is 33.6 Å². The third-order valence-electron chi connectivity index (χ3n) is 2.36. The highest BCUT2D eigenvalue weighted by Crippen LogP contribution is 2.37. The summed E-state index contributed by atoms with van der Waals surface area (Å²) >= 11 is 3.27. The first-order valence-electron chi connectivity index (χ1n) is 4.88. The van der Waals surface area contributed by atoms with E-state index in [4.69, 9.17) is 4.74 Å². The Kier molecular flexibility index (Phi) is 3.19. The number of sulfone groups is 1. The van der Waals surface area contributed by atoms with Gasteiger partial charge < -0.3 is 4.74 Å². The van der Waals surface area contributed by atoms with E-state index in [-0.39, 0.29) is 0 Å². The van der Waals surface area contributed by atoms with Gasteiger partial charge in [0.15, 0.2) is 0 Å². The molecule has 0 spiro atoms. The SMILES string of the molecule is CCOCC1=CS(=O)(=O)c2c(Br)cccc21. The average molecular weight is 303 g/mol. The molecule has 0 fully saturated rings. The van der Waals surface area contributed by atoms with Gasteiger partial charge in [-0.2, -0.15) is 0 Å². The van der Waals surface area contributed by atoms with Gasteiger partial charge in [-0.15, -0.1) is 0 Å². The van der Waals surface area contributed by atoms with Crippen LogP contribution in [0.3, 0.4) is 0 Å². The van der Waals surface area contributed by atoms with Crippen molar-refractivity contribution in [2.24, 2.45) is 0 Å². The topological polar surface area (TPSA) is 43.4 Å². The van der Waals surface area contributed by atoms with E-state index in [0.29, 0.717) is 22.6 Å². The van der Waals surface area contributed by atoms with Crippen molar-refractivity contribution in [1.29, 1.82) is 0 Å². The predicted molar refractivity (Wildman–Crippen MR) is 65.8 cm³/mol. The summed E-state index contributed by atoms with van der Waals surface area (Å²) in [6.45, 7) is 2.78. The molecule has 0 radical (unpaired) electrons. The third-order valence-corrected chi connectivity index (χ3v) is 4.88. The monoisotopic (exact) mass is 302 g/mol. The van der Waals surface area contributed by atoms with Crippen LogP contribution in [-0.2, 0) is 14.6 Å². The summed E-state index contributed by atoms with van der Waals surface area (Å²) < 4.78 is 29.6. The van der Waals surface area contributed by atoms with E-state index in [2.05, 4.69) is 15.9 Å². The zero-order valence-corrected chi connectivity index (χ0v) is 11.1. The van der Waals surface area contributed by atoms with E-state index in [9.17, 15) is 8.42 Å². The minimum atomic E-state index is -3.30. The standard InChI is InChI=1S/C11H11BrO3S/c1-2-15-6-8-7-16(13,14)11-9(8)4-3-5-10(11)12/h3-5,7H,2,6H2,1H3. The molecule has 86 valence electrons. The van der Waals surface area contributed by atoms with E-state index < -0.39 is 9.84 Å². The molecule has 1 aliphatic heterocycles. The van der Waals surface area contributed by atoms with Crippen LogP contribution in [0.5, 0.6) is 0 Å². The highest BCUT2D eigenvalue weighted by Gasteiger charge is 2.28. The van der Waals surface area contributed by atoms with E-state index >= 15 is 0 Å². The molecule has 0 bridgehead atoms. The summed E-state index contributed by atoms with van der Waals surface area (Å²) in [5, 5.41) is 1.29. The summed E-state index contributed by atoms with van der Waals surface area (Å²) in [6.07, 6.45) is 0. The molecule has 0 atom stereocenters. The highest BCUT2D eigenvalue weighted by atomic mass is 79.9. The van der Waals surface area contributed by atoms with Gasteiger partial charge >= 0.3 is 0 Å². The normalized spacial score (nSPS) is 17.0. The second kappa shape index (κ2) is 4.31. The molecule has 0 aromatic heterocycles. The Morgan fingerprint density at radius 1 is 1.38 bits per heavy atom. The van der Waals surface area contributed by atoms with E-state index in [1.807, 2.05) is 13.0 Å². The summed E-state index contributed by atoms with van der Waals surface area (Å²) in [5.41, 5.74) is 1.46. The fourth-order valence-electron chi connectivity index (χ4n) is 1.68. The molecule has 1 heterocycles. The van der Waals surface area contributed by atoms with Crippen LogP contribution in [0.25, 0.3) is 5.57 Å². The molecular formula is C11H11BrO3S. The zero-order valence-electron chi connectivity index (χ0n) is 8.73. The largest absolute Gasteiger partial charge is 0.377 e. The van der Waals surface area contributed by atoms with Crippen LogP contribution in [0.4, 0.5) is 0 Å². The Morgan fingerprint density at radius 2 is 2.12 bits per heavy atom. The van der Waals surface area contributed by atoms with Gasteiger partial charge in [-0.25, -0.2) is 8.42 Å². The van der Waals surface area contributed by atoms with Gasteiger partial charge in [0, 0.05) is 22.1 Å². The molecule has 0 N–H and O–H groups in total. The van der Waals surface area contributed by atoms with Gasteiger partial charge in [-0.05, 0) is 34.5 Å². The molecular weight excluding hydrogens is 292 g/mol. The van der Waals surface area contributed by atoms with E-state index in [0.717, 1.165) is 11.1 Å². The smallest absolute Gasteiger partial charge is 0.201 e. The maximum atomic E-state index is 11.9. The van der Waals surface area contributed by atoms with Gasteiger partial charge in [0.05, 0.1) is 11.5 Å². The van der Waals surface area contributed by atoms with Crippen molar-refractivity contribution >= 4 is 31.3 Å². The van der Waals surface area contributed by atoms with Crippen molar-refractivity contribution in [2.75, 3.05) is 13.2 Å². The predicted octanol–water partition coefficient (Wildman–Crippen LogP) is 2.61. The molecule has 0 saturated heterocycles. The fraction of sp³-hybridized carbons (Fsp3) is 0.273. The van der Waals surface area contributed by atoms with Gasteiger partial charge in [-0.1, -0.05) is 12.1 Å². The van der Waals surface area contributed by atoms with Crippen LogP contribution < -0.4 is 0 Å².